The maximum Gasteiger partial charge on any atom is 0.130 e. The van der Waals surface area contributed by atoms with Crippen LogP contribution < -0.4 is 0 Å². The molecular formula is C17H17ClFNO. The average Bonchev–Trinajstić information content (AvgIpc) is 2.82. The van der Waals surface area contributed by atoms with Crippen molar-refractivity contribution in [1.82, 2.24) is 4.90 Å². The number of β-amino-alcohol motifs (C(OH)–C–C–N with tert-alkyl or cyclic N) is 1. The van der Waals surface area contributed by atoms with Crippen LogP contribution in [0, 0.1) is 5.82 Å². The van der Waals surface area contributed by atoms with Gasteiger partial charge >= 0.3 is 0 Å². The van der Waals surface area contributed by atoms with Gasteiger partial charge < -0.3 is 5.11 Å². The molecule has 2 aromatic carbocycles. The lowest BCUT2D eigenvalue weighted by Gasteiger charge is -2.24. The summed E-state index contributed by atoms with van der Waals surface area (Å²) in [5, 5.41) is 11.1. The van der Waals surface area contributed by atoms with E-state index in [1.54, 1.807) is 12.1 Å². The maximum atomic E-state index is 14.0. The molecule has 3 rings (SSSR count). The maximum absolute atomic E-state index is 14.0. The number of aliphatic hydroxyl groups is 1. The number of nitrogens with zero attached hydrogens (tertiary/aromatic N) is 1. The van der Waals surface area contributed by atoms with Crippen molar-refractivity contribution in [2.75, 3.05) is 13.1 Å². The number of hydrogen-bond acceptors (Lipinski definition) is 2. The van der Waals surface area contributed by atoms with Crippen molar-refractivity contribution in [3.8, 4) is 0 Å². The molecule has 2 nitrogen and oxygen atoms in total. The van der Waals surface area contributed by atoms with Crippen LogP contribution in [0.1, 0.15) is 17.5 Å². The summed E-state index contributed by atoms with van der Waals surface area (Å²) in [5.41, 5.74) is 0.393. The summed E-state index contributed by atoms with van der Waals surface area (Å²) in [4.78, 5) is 2.14. The van der Waals surface area contributed by atoms with E-state index in [9.17, 15) is 9.50 Å². The lowest BCUT2D eigenvalue weighted by molar-refractivity contribution is 0.0417. The van der Waals surface area contributed by atoms with E-state index >= 15 is 0 Å². The molecule has 0 radical (unpaired) electrons. The lowest BCUT2D eigenvalue weighted by Crippen LogP contribution is -2.31. The molecule has 1 aliphatic rings. The number of likely N-dealkylation sites (tertiary alicyclic amines) is 1. The first-order valence-electron chi connectivity index (χ1n) is 7.01. The van der Waals surface area contributed by atoms with Crippen LogP contribution in [0.3, 0.4) is 0 Å². The number of halogens is 2. The van der Waals surface area contributed by atoms with Crippen LogP contribution in [0.4, 0.5) is 4.39 Å². The molecule has 0 amide bonds. The van der Waals surface area contributed by atoms with Gasteiger partial charge in [0.15, 0.2) is 0 Å². The molecular weight excluding hydrogens is 289 g/mol. The first-order chi connectivity index (χ1) is 10.1. The highest BCUT2D eigenvalue weighted by atomic mass is 35.5. The van der Waals surface area contributed by atoms with E-state index in [-0.39, 0.29) is 0 Å². The van der Waals surface area contributed by atoms with Crippen LogP contribution in [-0.2, 0) is 12.1 Å². The van der Waals surface area contributed by atoms with Crippen LogP contribution in [0.2, 0.25) is 5.02 Å². The molecule has 0 spiro atoms. The minimum absolute atomic E-state index is 0.336. The van der Waals surface area contributed by atoms with E-state index in [1.807, 2.05) is 18.2 Å². The van der Waals surface area contributed by atoms with Crippen molar-refractivity contribution in [1.29, 1.82) is 0 Å². The summed E-state index contributed by atoms with van der Waals surface area (Å²) in [5.74, 6) is -0.438. The van der Waals surface area contributed by atoms with E-state index in [0.29, 0.717) is 23.6 Å². The molecule has 1 fully saturated rings. The Kier molecular flexibility index (Phi) is 3.98. The fourth-order valence-electron chi connectivity index (χ4n) is 2.93. The third kappa shape index (κ3) is 3.10. The fraction of sp³-hybridized carbons (Fsp3) is 0.294. The second-order valence-corrected chi connectivity index (χ2v) is 6.04. The van der Waals surface area contributed by atoms with Gasteiger partial charge in [0.25, 0.3) is 0 Å². The minimum atomic E-state index is -1.14. The van der Waals surface area contributed by atoms with Crippen molar-refractivity contribution >= 4 is 11.6 Å². The van der Waals surface area contributed by atoms with Crippen LogP contribution in [0.25, 0.3) is 0 Å². The number of benzene rings is 2. The highest BCUT2D eigenvalue weighted by molar-refractivity contribution is 6.30. The summed E-state index contributed by atoms with van der Waals surface area (Å²) in [7, 11) is 0. The van der Waals surface area contributed by atoms with Gasteiger partial charge in [-0.1, -0.05) is 48.0 Å². The summed E-state index contributed by atoms with van der Waals surface area (Å²) >= 11 is 5.77. The van der Waals surface area contributed by atoms with Crippen LogP contribution in [-0.4, -0.2) is 23.1 Å². The minimum Gasteiger partial charge on any atom is -0.384 e. The van der Waals surface area contributed by atoms with Gasteiger partial charge in [-0.15, -0.1) is 0 Å². The van der Waals surface area contributed by atoms with Crippen molar-refractivity contribution in [3.63, 3.8) is 0 Å². The van der Waals surface area contributed by atoms with Gasteiger partial charge in [0.05, 0.1) is 0 Å². The van der Waals surface area contributed by atoms with E-state index < -0.39 is 11.4 Å². The van der Waals surface area contributed by atoms with Gasteiger partial charge in [-0.25, -0.2) is 4.39 Å². The molecule has 1 atom stereocenters. The van der Waals surface area contributed by atoms with Gasteiger partial charge in [0, 0.05) is 30.2 Å². The van der Waals surface area contributed by atoms with Crippen LogP contribution in [0.15, 0.2) is 48.5 Å². The molecule has 0 aromatic heterocycles. The Labute approximate surface area is 128 Å². The summed E-state index contributed by atoms with van der Waals surface area (Å²) in [6.45, 7) is 1.94. The summed E-state index contributed by atoms with van der Waals surface area (Å²) in [6, 6.07) is 14.6. The molecule has 1 aliphatic heterocycles. The summed E-state index contributed by atoms with van der Waals surface area (Å²) < 4.78 is 14.0. The molecule has 1 unspecified atom stereocenters. The second-order valence-electron chi connectivity index (χ2n) is 5.60. The standard InChI is InChI=1S/C17H17ClFNO/c18-14-6-7-15(16(19)10-14)17(21)8-9-20(12-17)11-13-4-2-1-3-5-13/h1-7,10,21H,8-9,11-12H2. The molecule has 1 heterocycles. The topological polar surface area (TPSA) is 23.5 Å². The van der Waals surface area contributed by atoms with E-state index in [2.05, 4.69) is 17.0 Å². The third-order valence-electron chi connectivity index (χ3n) is 4.01. The Morgan fingerprint density at radius 2 is 1.95 bits per heavy atom. The first kappa shape index (κ1) is 14.5. The molecule has 1 saturated heterocycles. The van der Waals surface area contributed by atoms with Crippen molar-refractivity contribution < 1.29 is 9.50 Å². The SMILES string of the molecule is OC1(c2ccc(Cl)cc2F)CCN(Cc2ccccc2)C1. The second kappa shape index (κ2) is 5.76. The first-order valence-corrected chi connectivity index (χ1v) is 7.39. The van der Waals surface area contributed by atoms with E-state index in [4.69, 9.17) is 11.6 Å². The average molecular weight is 306 g/mol. The van der Waals surface area contributed by atoms with Crippen molar-refractivity contribution in [2.45, 2.75) is 18.6 Å². The van der Waals surface area contributed by atoms with Crippen molar-refractivity contribution in [2.24, 2.45) is 0 Å². The highest BCUT2D eigenvalue weighted by Gasteiger charge is 2.39. The molecule has 4 heteroatoms. The Balaban J connectivity index is 1.76. The predicted molar refractivity (Wildman–Crippen MR) is 81.6 cm³/mol. The molecule has 0 saturated carbocycles. The smallest absolute Gasteiger partial charge is 0.130 e. The molecule has 0 aliphatic carbocycles. The Morgan fingerprint density at radius 3 is 2.67 bits per heavy atom. The lowest BCUT2D eigenvalue weighted by atomic mass is 9.92. The monoisotopic (exact) mass is 305 g/mol. The molecule has 1 N–H and O–H groups in total. The zero-order valence-corrected chi connectivity index (χ0v) is 12.4. The number of rotatable bonds is 3. The Morgan fingerprint density at radius 1 is 1.19 bits per heavy atom. The third-order valence-corrected chi connectivity index (χ3v) is 4.24. The highest BCUT2D eigenvalue weighted by Crippen LogP contribution is 2.34. The van der Waals surface area contributed by atoms with Gasteiger partial charge in [0.2, 0.25) is 0 Å². The number of hydrogen-bond donors (Lipinski definition) is 1. The Hall–Kier alpha value is -1.42. The Bertz CT molecular complexity index is 634. The van der Waals surface area contributed by atoms with Crippen LogP contribution >= 0.6 is 11.6 Å². The fourth-order valence-corrected chi connectivity index (χ4v) is 3.09. The normalized spacial score (nSPS) is 22.6. The van der Waals surface area contributed by atoms with Crippen LogP contribution in [0.5, 0.6) is 0 Å². The predicted octanol–water partition coefficient (Wildman–Crippen LogP) is 3.57. The van der Waals surface area contributed by atoms with E-state index in [0.717, 1.165) is 13.1 Å². The molecule has 21 heavy (non-hydrogen) atoms. The zero-order chi connectivity index (χ0) is 14.9. The molecule has 0 bridgehead atoms. The molecule has 2 aromatic rings. The van der Waals surface area contributed by atoms with Gasteiger partial charge in [-0.2, -0.15) is 0 Å². The largest absolute Gasteiger partial charge is 0.384 e. The quantitative estimate of drug-likeness (QED) is 0.937. The zero-order valence-electron chi connectivity index (χ0n) is 11.6. The van der Waals surface area contributed by atoms with E-state index in [1.165, 1.54) is 11.6 Å². The molecule has 110 valence electrons. The van der Waals surface area contributed by atoms with Crippen molar-refractivity contribution in [3.05, 3.63) is 70.5 Å². The van der Waals surface area contributed by atoms with Gasteiger partial charge in [-0.3, -0.25) is 4.90 Å². The van der Waals surface area contributed by atoms with Gasteiger partial charge in [-0.05, 0) is 24.1 Å². The summed E-state index contributed by atoms with van der Waals surface area (Å²) in [6.07, 6.45) is 0.526. The van der Waals surface area contributed by atoms with Gasteiger partial charge in [0.1, 0.15) is 11.4 Å².